The number of carbonyl (C=O) groups is 1. The van der Waals surface area contributed by atoms with Crippen molar-refractivity contribution in [3.8, 4) is 5.75 Å². The summed E-state index contributed by atoms with van der Waals surface area (Å²) < 4.78 is 48.7. The number of benzene rings is 2. The Morgan fingerprint density at radius 1 is 1.07 bits per heavy atom. The van der Waals surface area contributed by atoms with Crippen molar-refractivity contribution in [3.05, 3.63) is 65.2 Å². The van der Waals surface area contributed by atoms with Gasteiger partial charge in [-0.2, -0.15) is 13.2 Å². The van der Waals surface area contributed by atoms with Gasteiger partial charge in [0.05, 0.1) is 18.8 Å². The van der Waals surface area contributed by atoms with Crippen molar-refractivity contribution in [2.75, 3.05) is 32.9 Å². The first-order valence-electron chi connectivity index (χ1n) is 9.35. The minimum Gasteiger partial charge on any atom is -0.484 e. The molecule has 0 spiro atoms. The molecule has 1 amide bonds. The van der Waals surface area contributed by atoms with Crippen LogP contribution in [0.1, 0.15) is 16.7 Å². The molecule has 1 fully saturated rings. The van der Waals surface area contributed by atoms with E-state index in [9.17, 15) is 18.0 Å². The number of nitrogens with one attached hydrogen (secondary N) is 1. The van der Waals surface area contributed by atoms with E-state index < -0.39 is 17.6 Å². The predicted octanol–water partition coefficient (Wildman–Crippen LogP) is 3.23. The zero-order valence-electron chi connectivity index (χ0n) is 15.9. The van der Waals surface area contributed by atoms with Gasteiger partial charge in [-0.3, -0.25) is 9.69 Å². The maximum Gasteiger partial charge on any atom is 0.416 e. The number of hydrogen-bond donors (Lipinski definition) is 1. The van der Waals surface area contributed by atoms with Gasteiger partial charge in [-0.25, -0.2) is 0 Å². The summed E-state index contributed by atoms with van der Waals surface area (Å²) in [5.41, 5.74) is 1.29. The molecular formula is C21H23F3N2O3. The Bertz CT molecular complexity index is 821. The van der Waals surface area contributed by atoms with E-state index in [1.807, 2.05) is 24.3 Å². The Morgan fingerprint density at radius 3 is 2.55 bits per heavy atom. The normalized spacial score (nSPS) is 15.1. The lowest BCUT2D eigenvalue weighted by Gasteiger charge is -2.26. The molecule has 5 nitrogen and oxygen atoms in total. The summed E-state index contributed by atoms with van der Waals surface area (Å²) in [7, 11) is 0. The Labute approximate surface area is 167 Å². The minimum atomic E-state index is -4.45. The third-order valence-corrected chi connectivity index (χ3v) is 4.52. The van der Waals surface area contributed by atoms with Crippen molar-refractivity contribution >= 4 is 5.91 Å². The average Bonchev–Trinajstić information content (AvgIpc) is 2.71. The van der Waals surface area contributed by atoms with Gasteiger partial charge in [0, 0.05) is 26.2 Å². The largest absolute Gasteiger partial charge is 0.484 e. The van der Waals surface area contributed by atoms with Crippen LogP contribution in [0, 0.1) is 0 Å². The topological polar surface area (TPSA) is 50.8 Å². The molecule has 1 saturated heterocycles. The van der Waals surface area contributed by atoms with Crippen LogP contribution in [-0.4, -0.2) is 43.7 Å². The maximum atomic E-state index is 12.7. The van der Waals surface area contributed by atoms with Crippen LogP contribution in [0.5, 0.6) is 5.75 Å². The first kappa shape index (κ1) is 21.1. The van der Waals surface area contributed by atoms with Crippen LogP contribution in [-0.2, 0) is 28.8 Å². The lowest BCUT2D eigenvalue weighted by atomic mass is 10.1. The quantitative estimate of drug-likeness (QED) is 0.764. The highest BCUT2D eigenvalue weighted by molar-refractivity contribution is 5.77. The number of rotatable bonds is 7. The summed E-state index contributed by atoms with van der Waals surface area (Å²) in [6.45, 7) is 4.06. The van der Waals surface area contributed by atoms with Gasteiger partial charge in [-0.05, 0) is 29.3 Å². The molecule has 1 heterocycles. The zero-order chi connectivity index (χ0) is 20.7. The van der Waals surface area contributed by atoms with Gasteiger partial charge in [0.2, 0.25) is 0 Å². The molecule has 29 heavy (non-hydrogen) atoms. The number of halogens is 3. The van der Waals surface area contributed by atoms with Crippen LogP contribution in [0.4, 0.5) is 13.2 Å². The predicted molar refractivity (Wildman–Crippen MR) is 101 cm³/mol. The fourth-order valence-electron chi connectivity index (χ4n) is 3.02. The van der Waals surface area contributed by atoms with E-state index in [4.69, 9.17) is 9.47 Å². The van der Waals surface area contributed by atoms with Gasteiger partial charge in [-0.1, -0.05) is 30.3 Å². The van der Waals surface area contributed by atoms with Crippen molar-refractivity contribution in [2.45, 2.75) is 19.3 Å². The van der Waals surface area contributed by atoms with E-state index in [1.54, 1.807) is 0 Å². The monoisotopic (exact) mass is 408 g/mol. The minimum absolute atomic E-state index is 0.00230. The first-order valence-corrected chi connectivity index (χ1v) is 9.35. The summed E-state index contributed by atoms with van der Waals surface area (Å²) >= 11 is 0. The number of hydrogen-bond acceptors (Lipinski definition) is 4. The zero-order valence-corrected chi connectivity index (χ0v) is 15.9. The Morgan fingerprint density at radius 2 is 1.79 bits per heavy atom. The average molecular weight is 408 g/mol. The van der Waals surface area contributed by atoms with Crippen molar-refractivity contribution in [3.63, 3.8) is 0 Å². The lowest BCUT2D eigenvalue weighted by Crippen LogP contribution is -2.35. The van der Waals surface area contributed by atoms with E-state index in [0.717, 1.165) is 56.1 Å². The third-order valence-electron chi connectivity index (χ3n) is 4.52. The Kier molecular flexibility index (Phi) is 7.11. The van der Waals surface area contributed by atoms with Gasteiger partial charge < -0.3 is 14.8 Å². The number of amides is 1. The van der Waals surface area contributed by atoms with Crippen molar-refractivity contribution < 1.29 is 27.4 Å². The maximum absolute atomic E-state index is 12.7. The first-order chi connectivity index (χ1) is 13.9. The molecule has 1 aliphatic rings. The lowest BCUT2D eigenvalue weighted by molar-refractivity contribution is -0.137. The van der Waals surface area contributed by atoms with E-state index in [2.05, 4.69) is 10.2 Å². The molecule has 8 heteroatoms. The Balaban J connectivity index is 1.46. The van der Waals surface area contributed by atoms with Crippen molar-refractivity contribution in [1.29, 1.82) is 0 Å². The molecule has 0 bridgehead atoms. The summed E-state index contributed by atoms with van der Waals surface area (Å²) in [4.78, 5) is 14.3. The molecule has 0 saturated carbocycles. The third kappa shape index (κ3) is 6.76. The summed E-state index contributed by atoms with van der Waals surface area (Å²) in [6, 6.07) is 12.4. The van der Waals surface area contributed by atoms with Crippen LogP contribution < -0.4 is 10.1 Å². The molecule has 3 rings (SSSR count). The molecule has 0 atom stereocenters. The van der Waals surface area contributed by atoms with E-state index in [1.165, 1.54) is 12.1 Å². The fourth-order valence-corrected chi connectivity index (χ4v) is 3.02. The molecule has 0 radical (unpaired) electrons. The molecule has 156 valence electrons. The second kappa shape index (κ2) is 9.76. The van der Waals surface area contributed by atoms with Crippen molar-refractivity contribution in [2.24, 2.45) is 0 Å². The number of morpholine rings is 1. The molecular weight excluding hydrogens is 385 g/mol. The van der Waals surface area contributed by atoms with Gasteiger partial charge in [-0.15, -0.1) is 0 Å². The molecule has 0 aliphatic carbocycles. The fraction of sp³-hybridized carbons (Fsp3) is 0.381. The molecule has 0 aromatic heterocycles. The number of alkyl halides is 3. The highest BCUT2D eigenvalue weighted by atomic mass is 19.4. The second-order valence-electron chi connectivity index (χ2n) is 6.80. The smallest absolute Gasteiger partial charge is 0.416 e. The second-order valence-corrected chi connectivity index (χ2v) is 6.80. The van der Waals surface area contributed by atoms with Crippen LogP contribution in [0.3, 0.4) is 0 Å². The highest BCUT2D eigenvalue weighted by Gasteiger charge is 2.30. The number of ether oxygens (including phenoxy) is 2. The van der Waals surface area contributed by atoms with Crippen molar-refractivity contribution in [1.82, 2.24) is 10.2 Å². The van der Waals surface area contributed by atoms with Crippen LogP contribution in [0.25, 0.3) is 0 Å². The highest BCUT2D eigenvalue weighted by Crippen LogP contribution is 2.31. The molecule has 0 unspecified atom stereocenters. The van der Waals surface area contributed by atoms with E-state index >= 15 is 0 Å². The number of carbonyl (C=O) groups excluding carboxylic acids is 1. The summed E-state index contributed by atoms with van der Waals surface area (Å²) in [5, 5.41) is 2.73. The number of nitrogens with zero attached hydrogens (tertiary/aromatic N) is 1. The SMILES string of the molecule is O=C(COc1cccc(C(F)(F)F)c1)NCc1cccc(CN2CCOCC2)c1. The molecule has 2 aromatic carbocycles. The van der Waals surface area contributed by atoms with Crippen LogP contribution in [0.15, 0.2) is 48.5 Å². The van der Waals surface area contributed by atoms with E-state index in [0.29, 0.717) is 6.54 Å². The van der Waals surface area contributed by atoms with Gasteiger partial charge >= 0.3 is 6.18 Å². The van der Waals surface area contributed by atoms with E-state index in [-0.39, 0.29) is 12.4 Å². The van der Waals surface area contributed by atoms with Crippen LogP contribution >= 0.6 is 0 Å². The Hall–Kier alpha value is -2.58. The van der Waals surface area contributed by atoms with Gasteiger partial charge in [0.25, 0.3) is 5.91 Å². The van der Waals surface area contributed by atoms with Gasteiger partial charge in [0.1, 0.15) is 5.75 Å². The van der Waals surface area contributed by atoms with Gasteiger partial charge in [0.15, 0.2) is 6.61 Å². The standard InChI is InChI=1S/C21H23F3N2O3/c22-21(23,24)18-5-2-6-19(12-18)29-15-20(27)25-13-16-3-1-4-17(11-16)14-26-7-9-28-10-8-26/h1-6,11-12H,7-10,13-15H2,(H,25,27). The molecule has 2 aromatic rings. The summed E-state index contributed by atoms with van der Waals surface area (Å²) in [5.74, 6) is -0.400. The molecule has 1 N–H and O–H groups in total. The molecule has 1 aliphatic heterocycles. The van der Waals surface area contributed by atoms with Crippen LogP contribution in [0.2, 0.25) is 0 Å². The summed E-state index contributed by atoms with van der Waals surface area (Å²) in [6.07, 6.45) is -4.45.